The van der Waals surface area contributed by atoms with Crippen molar-refractivity contribution in [3.05, 3.63) is 60.4 Å². The molecule has 6 heteroatoms. The quantitative estimate of drug-likeness (QED) is 0.454. The summed E-state index contributed by atoms with van der Waals surface area (Å²) in [5.41, 5.74) is 8.90. The van der Waals surface area contributed by atoms with E-state index in [0.29, 0.717) is 11.5 Å². The molecule has 4 bridgehead atoms. The summed E-state index contributed by atoms with van der Waals surface area (Å²) in [6.07, 6.45) is 6.47. The van der Waals surface area contributed by atoms with Gasteiger partial charge in [0.1, 0.15) is 23.1 Å². The maximum atomic E-state index is 6.26. The van der Waals surface area contributed by atoms with Crippen LogP contribution in [0, 0.1) is 17.8 Å². The van der Waals surface area contributed by atoms with Crippen molar-refractivity contribution in [1.82, 2.24) is 20.2 Å². The van der Waals surface area contributed by atoms with Gasteiger partial charge in [0.15, 0.2) is 5.65 Å². The largest absolute Gasteiger partial charge is 0.457 e. The molecule has 2 unspecified atom stereocenters. The maximum absolute atomic E-state index is 6.26. The molecule has 8 rings (SSSR count). The third-order valence-electron chi connectivity index (χ3n) is 7.95. The fraction of sp³-hybridized carbons (Fsp3) is 0.346. The summed E-state index contributed by atoms with van der Waals surface area (Å²) in [6.45, 7) is 0. The first-order chi connectivity index (χ1) is 15.7. The molecular weight excluding hydrogens is 398 g/mol. The van der Waals surface area contributed by atoms with Crippen molar-refractivity contribution >= 4 is 16.9 Å². The third-order valence-corrected chi connectivity index (χ3v) is 7.95. The van der Waals surface area contributed by atoms with E-state index in [1.807, 2.05) is 54.6 Å². The zero-order valence-electron chi connectivity index (χ0n) is 17.8. The number of nitrogen functional groups attached to an aromatic ring is 1. The highest BCUT2D eigenvalue weighted by Crippen LogP contribution is 2.64. The van der Waals surface area contributed by atoms with E-state index in [2.05, 4.69) is 10.2 Å². The highest BCUT2D eigenvalue weighted by Gasteiger charge is 2.58. The first-order valence-corrected chi connectivity index (χ1v) is 11.5. The van der Waals surface area contributed by atoms with Crippen LogP contribution in [0.5, 0.6) is 11.5 Å². The SMILES string of the molecule is Nc1[nH]nc2nc(C34CC5CC(C3)C(C5)C4)nc(-c3ccc(Oc4ccccc4)cc3)c12. The van der Waals surface area contributed by atoms with E-state index in [1.165, 1.54) is 32.1 Å². The van der Waals surface area contributed by atoms with Gasteiger partial charge in [-0.15, -0.1) is 0 Å². The van der Waals surface area contributed by atoms with Gasteiger partial charge in [-0.05, 0) is 86.3 Å². The lowest BCUT2D eigenvalue weighted by Gasteiger charge is -2.37. The van der Waals surface area contributed by atoms with Crippen LogP contribution in [0.2, 0.25) is 0 Å². The molecule has 0 saturated heterocycles. The Kier molecular flexibility index (Phi) is 3.72. The molecule has 6 nitrogen and oxygen atoms in total. The van der Waals surface area contributed by atoms with E-state index in [-0.39, 0.29) is 5.41 Å². The van der Waals surface area contributed by atoms with E-state index >= 15 is 0 Å². The Morgan fingerprint density at radius 3 is 2.31 bits per heavy atom. The second kappa shape index (κ2) is 6.55. The minimum Gasteiger partial charge on any atom is -0.457 e. The van der Waals surface area contributed by atoms with E-state index in [4.69, 9.17) is 20.4 Å². The maximum Gasteiger partial charge on any atom is 0.187 e. The second-order valence-electron chi connectivity index (χ2n) is 9.92. The van der Waals surface area contributed by atoms with Gasteiger partial charge in [-0.2, -0.15) is 5.10 Å². The van der Waals surface area contributed by atoms with E-state index in [1.54, 1.807) is 0 Å². The lowest BCUT2D eigenvalue weighted by molar-refractivity contribution is 0.219. The fourth-order valence-corrected chi connectivity index (χ4v) is 6.78. The van der Waals surface area contributed by atoms with Gasteiger partial charge in [-0.25, -0.2) is 9.97 Å². The zero-order chi connectivity index (χ0) is 21.3. The van der Waals surface area contributed by atoms with Crippen molar-refractivity contribution in [3.8, 4) is 22.8 Å². The van der Waals surface area contributed by atoms with Crippen LogP contribution in [-0.4, -0.2) is 20.2 Å². The molecule has 4 fully saturated rings. The van der Waals surface area contributed by atoms with Crippen LogP contribution < -0.4 is 10.5 Å². The Labute approximate surface area is 186 Å². The van der Waals surface area contributed by atoms with Crippen LogP contribution in [-0.2, 0) is 5.41 Å². The Hall–Kier alpha value is -3.41. The lowest BCUT2D eigenvalue weighted by atomic mass is 9.69. The van der Waals surface area contributed by atoms with Crippen molar-refractivity contribution < 1.29 is 4.74 Å². The number of para-hydroxylation sites is 1. The molecule has 0 amide bonds. The summed E-state index contributed by atoms with van der Waals surface area (Å²) in [6, 6.07) is 17.8. The summed E-state index contributed by atoms with van der Waals surface area (Å²) >= 11 is 0. The minimum atomic E-state index is 0.115. The van der Waals surface area contributed by atoms with Gasteiger partial charge in [-0.3, -0.25) is 5.10 Å². The predicted molar refractivity (Wildman–Crippen MR) is 123 cm³/mol. The Morgan fingerprint density at radius 1 is 0.875 bits per heavy atom. The van der Waals surface area contributed by atoms with Gasteiger partial charge in [0.2, 0.25) is 0 Å². The number of hydrogen-bond donors (Lipinski definition) is 2. The Morgan fingerprint density at radius 2 is 1.59 bits per heavy atom. The highest BCUT2D eigenvalue weighted by atomic mass is 16.5. The number of anilines is 1. The highest BCUT2D eigenvalue weighted by molar-refractivity contribution is 5.98. The number of ether oxygens (including phenoxy) is 1. The van der Waals surface area contributed by atoms with Gasteiger partial charge in [0.25, 0.3) is 0 Å². The predicted octanol–water partition coefficient (Wildman–Crippen LogP) is 5.47. The topological polar surface area (TPSA) is 89.7 Å². The number of benzene rings is 2. The van der Waals surface area contributed by atoms with Crippen LogP contribution in [0.3, 0.4) is 0 Å². The van der Waals surface area contributed by atoms with E-state index < -0.39 is 0 Å². The number of rotatable bonds is 4. The Balaban J connectivity index is 1.30. The lowest BCUT2D eigenvalue weighted by Crippen LogP contribution is -2.33. The molecule has 2 heterocycles. The van der Waals surface area contributed by atoms with E-state index in [9.17, 15) is 0 Å². The average Bonchev–Trinajstić information content (AvgIpc) is 3.41. The number of nitrogens with two attached hydrogens (primary N) is 1. The number of nitrogens with zero attached hydrogens (tertiary/aromatic N) is 3. The van der Waals surface area contributed by atoms with Crippen molar-refractivity contribution in [2.75, 3.05) is 5.73 Å². The number of aromatic amines is 1. The van der Waals surface area contributed by atoms with Crippen molar-refractivity contribution in [3.63, 3.8) is 0 Å². The molecule has 2 atom stereocenters. The normalized spacial score (nSPS) is 27.9. The minimum absolute atomic E-state index is 0.115. The standard InChI is InChI=1S/C26H25N5O/c27-23-21-22(16-6-8-20(9-7-16)32-19-4-2-1-3-5-19)28-25(29-24(21)31-30-23)26-12-15-10-17(13-26)18(11-15)14-26/h1-9,15,17-18H,10-14H2,(H3,27,28,29,30,31). The van der Waals surface area contributed by atoms with Crippen molar-refractivity contribution in [1.29, 1.82) is 0 Å². The molecule has 4 aromatic rings. The summed E-state index contributed by atoms with van der Waals surface area (Å²) in [7, 11) is 0. The van der Waals surface area contributed by atoms with Crippen LogP contribution in [0.25, 0.3) is 22.3 Å². The molecule has 4 saturated carbocycles. The van der Waals surface area contributed by atoms with Gasteiger partial charge in [0.05, 0.1) is 11.1 Å². The summed E-state index contributed by atoms with van der Waals surface area (Å²) in [5.74, 6) is 5.64. The summed E-state index contributed by atoms with van der Waals surface area (Å²) in [5, 5.41) is 8.14. The summed E-state index contributed by atoms with van der Waals surface area (Å²) in [4.78, 5) is 10.1. The Bertz CT molecular complexity index is 1290. The smallest absolute Gasteiger partial charge is 0.187 e. The molecule has 0 spiro atoms. The van der Waals surface area contributed by atoms with Gasteiger partial charge < -0.3 is 10.5 Å². The number of fused-ring (bicyclic) bond motifs is 1. The zero-order valence-corrected chi connectivity index (χ0v) is 17.8. The first kappa shape index (κ1) is 18.2. The molecular formula is C26H25N5O. The molecule has 4 aliphatic carbocycles. The van der Waals surface area contributed by atoms with Crippen molar-refractivity contribution in [2.45, 2.75) is 37.5 Å². The molecule has 32 heavy (non-hydrogen) atoms. The number of hydrogen-bond acceptors (Lipinski definition) is 5. The van der Waals surface area contributed by atoms with Gasteiger partial charge in [-0.1, -0.05) is 18.2 Å². The number of nitrogens with one attached hydrogen (secondary N) is 1. The molecule has 0 radical (unpaired) electrons. The average molecular weight is 424 g/mol. The molecule has 160 valence electrons. The van der Waals surface area contributed by atoms with Crippen LogP contribution in [0.1, 0.15) is 37.9 Å². The number of aromatic nitrogens is 4. The van der Waals surface area contributed by atoms with Crippen LogP contribution in [0.4, 0.5) is 5.82 Å². The molecule has 2 aromatic carbocycles. The van der Waals surface area contributed by atoms with Gasteiger partial charge >= 0.3 is 0 Å². The van der Waals surface area contributed by atoms with Gasteiger partial charge in [0, 0.05) is 11.0 Å². The van der Waals surface area contributed by atoms with Crippen LogP contribution >= 0.6 is 0 Å². The number of H-pyrrole nitrogens is 1. The third kappa shape index (κ3) is 2.68. The summed E-state index contributed by atoms with van der Waals surface area (Å²) < 4.78 is 5.96. The molecule has 4 aliphatic rings. The second-order valence-corrected chi connectivity index (χ2v) is 9.92. The molecule has 0 aliphatic heterocycles. The van der Waals surface area contributed by atoms with E-state index in [0.717, 1.165) is 51.7 Å². The fourth-order valence-electron chi connectivity index (χ4n) is 6.78. The monoisotopic (exact) mass is 423 g/mol. The van der Waals surface area contributed by atoms with Crippen LogP contribution in [0.15, 0.2) is 54.6 Å². The first-order valence-electron chi connectivity index (χ1n) is 11.5. The molecule has 3 N–H and O–H groups in total. The molecule has 2 aromatic heterocycles. The van der Waals surface area contributed by atoms with Crippen molar-refractivity contribution in [2.24, 2.45) is 17.8 Å².